The molecule has 0 bridgehead atoms. The van der Waals surface area contributed by atoms with Crippen molar-refractivity contribution >= 4 is 17.3 Å². The maximum atomic E-state index is 12.9. The van der Waals surface area contributed by atoms with Gasteiger partial charge >= 0.3 is 0 Å². The molecule has 1 heterocycles. The van der Waals surface area contributed by atoms with Crippen molar-refractivity contribution in [1.82, 2.24) is 9.97 Å². The van der Waals surface area contributed by atoms with Gasteiger partial charge in [0, 0.05) is 5.56 Å². The predicted octanol–water partition coefficient (Wildman–Crippen LogP) is 2.99. The van der Waals surface area contributed by atoms with E-state index in [2.05, 4.69) is 9.97 Å². The number of ether oxygens (including phenoxy) is 1. The van der Waals surface area contributed by atoms with Crippen LogP contribution >= 0.6 is 0 Å². The van der Waals surface area contributed by atoms with Crippen LogP contribution in [0.4, 0.5) is 16.0 Å². The smallest absolute Gasteiger partial charge is 0.138 e. The van der Waals surface area contributed by atoms with E-state index < -0.39 is 0 Å². The average molecular weight is 323 g/mol. The van der Waals surface area contributed by atoms with Crippen molar-refractivity contribution in [2.75, 3.05) is 11.5 Å². The van der Waals surface area contributed by atoms with Gasteiger partial charge in [-0.25, -0.2) is 14.4 Å². The minimum atomic E-state index is -0.327. The van der Waals surface area contributed by atoms with Gasteiger partial charge in [-0.3, -0.25) is 5.41 Å². The SMILES string of the molecule is N=C(c1ccc(Oc2ccc(F)cc2)cc1)c1c(N)ncnc1N. The molecular weight excluding hydrogens is 309 g/mol. The van der Waals surface area contributed by atoms with Gasteiger partial charge in [-0.05, 0) is 48.5 Å². The molecule has 0 radical (unpaired) electrons. The second-order valence-electron chi connectivity index (χ2n) is 4.97. The summed E-state index contributed by atoms with van der Waals surface area (Å²) < 4.78 is 18.5. The third-order valence-corrected chi connectivity index (χ3v) is 3.35. The Kier molecular flexibility index (Phi) is 4.07. The summed E-state index contributed by atoms with van der Waals surface area (Å²) in [5, 5.41) is 8.25. The van der Waals surface area contributed by atoms with Gasteiger partial charge in [-0.15, -0.1) is 0 Å². The van der Waals surface area contributed by atoms with Gasteiger partial charge in [0.25, 0.3) is 0 Å². The number of nitrogens with zero attached hydrogens (tertiary/aromatic N) is 2. The Morgan fingerprint density at radius 2 is 1.38 bits per heavy atom. The van der Waals surface area contributed by atoms with Crippen molar-refractivity contribution in [3.8, 4) is 11.5 Å². The number of anilines is 2. The van der Waals surface area contributed by atoms with Crippen molar-refractivity contribution in [3.05, 3.63) is 71.8 Å². The molecule has 0 fully saturated rings. The fourth-order valence-corrected chi connectivity index (χ4v) is 2.14. The zero-order valence-corrected chi connectivity index (χ0v) is 12.5. The fraction of sp³-hybridized carbons (Fsp3) is 0. The Morgan fingerprint density at radius 3 is 1.92 bits per heavy atom. The topological polar surface area (TPSA) is 111 Å². The van der Waals surface area contributed by atoms with Gasteiger partial charge < -0.3 is 16.2 Å². The van der Waals surface area contributed by atoms with Gasteiger partial charge in [0.1, 0.15) is 35.3 Å². The number of nitrogens with two attached hydrogens (primary N) is 2. The van der Waals surface area contributed by atoms with E-state index in [1.54, 1.807) is 24.3 Å². The minimum Gasteiger partial charge on any atom is -0.457 e. The normalized spacial score (nSPS) is 10.4. The molecule has 24 heavy (non-hydrogen) atoms. The van der Waals surface area contributed by atoms with E-state index in [4.69, 9.17) is 21.6 Å². The lowest BCUT2D eigenvalue weighted by Crippen LogP contribution is -2.11. The lowest BCUT2D eigenvalue weighted by atomic mass is 10.0. The van der Waals surface area contributed by atoms with Crippen LogP contribution in [0.5, 0.6) is 11.5 Å². The van der Waals surface area contributed by atoms with Crippen LogP contribution in [0.1, 0.15) is 11.1 Å². The Bertz CT molecular complexity index is 858. The molecule has 1 aromatic heterocycles. The molecule has 3 aromatic rings. The first kappa shape index (κ1) is 15.4. The number of nitrogen functional groups attached to an aromatic ring is 2. The van der Waals surface area contributed by atoms with E-state index in [1.807, 2.05) is 0 Å². The van der Waals surface area contributed by atoms with Crippen molar-refractivity contribution in [2.24, 2.45) is 0 Å². The molecule has 5 N–H and O–H groups in total. The van der Waals surface area contributed by atoms with Crippen LogP contribution in [-0.4, -0.2) is 15.7 Å². The number of nitrogens with one attached hydrogen (secondary N) is 1. The zero-order chi connectivity index (χ0) is 17.1. The van der Waals surface area contributed by atoms with Crippen LogP contribution in [0.3, 0.4) is 0 Å². The summed E-state index contributed by atoms with van der Waals surface area (Å²) in [4.78, 5) is 7.72. The number of halogens is 1. The monoisotopic (exact) mass is 323 g/mol. The first-order chi connectivity index (χ1) is 11.5. The second-order valence-corrected chi connectivity index (χ2v) is 4.97. The van der Waals surface area contributed by atoms with Gasteiger partial charge in [-0.1, -0.05) is 0 Å². The number of hydrogen-bond donors (Lipinski definition) is 3. The molecule has 0 saturated heterocycles. The predicted molar refractivity (Wildman–Crippen MR) is 89.7 cm³/mol. The van der Waals surface area contributed by atoms with Crippen LogP contribution in [0.25, 0.3) is 0 Å². The van der Waals surface area contributed by atoms with Crippen molar-refractivity contribution in [1.29, 1.82) is 5.41 Å². The second kappa shape index (κ2) is 6.33. The van der Waals surface area contributed by atoms with Crippen molar-refractivity contribution < 1.29 is 9.13 Å². The Balaban J connectivity index is 1.81. The molecule has 0 unspecified atom stereocenters. The highest BCUT2D eigenvalue weighted by Crippen LogP contribution is 2.24. The molecule has 0 atom stereocenters. The highest BCUT2D eigenvalue weighted by molar-refractivity contribution is 6.15. The lowest BCUT2D eigenvalue weighted by Gasteiger charge is -2.10. The Labute approximate surface area is 137 Å². The summed E-state index contributed by atoms with van der Waals surface area (Å²) in [5.74, 6) is 1.05. The lowest BCUT2D eigenvalue weighted by molar-refractivity contribution is 0.480. The van der Waals surface area contributed by atoms with Crippen molar-refractivity contribution in [2.45, 2.75) is 0 Å². The van der Waals surface area contributed by atoms with Crippen LogP contribution in [0.15, 0.2) is 54.9 Å². The number of benzene rings is 2. The van der Waals surface area contributed by atoms with Crippen LogP contribution in [0, 0.1) is 11.2 Å². The van der Waals surface area contributed by atoms with E-state index in [-0.39, 0.29) is 23.2 Å². The molecule has 7 heteroatoms. The molecule has 0 saturated carbocycles. The highest BCUT2D eigenvalue weighted by Gasteiger charge is 2.14. The van der Waals surface area contributed by atoms with E-state index in [0.717, 1.165) is 0 Å². The molecular formula is C17H14FN5O. The Morgan fingerprint density at radius 1 is 0.875 bits per heavy atom. The van der Waals surface area contributed by atoms with Crippen LogP contribution in [-0.2, 0) is 0 Å². The van der Waals surface area contributed by atoms with Crippen molar-refractivity contribution in [3.63, 3.8) is 0 Å². The molecule has 3 rings (SSSR count). The molecule has 6 nitrogen and oxygen atoms in total. The highest BCUT2D eigenvalue weighted by atomic mass is 19.1. The van der Waals surface area contributed by atoms with E-state index in [1.165, 1.54) is 30.6 Å². The fourth-order valence-electron chi connectivity index (χ4n) is 2.14. The summed E-state index contributed by atoms with van der Waals surface area (Å²) in [6, 6.07) is 12.5. The number of rotatable bonds is 4. The van der Waals surface area contributed by atoms with Gasteiger partial charge in [-0.2, -0.15) is 0 Å². The van der Waals surface area contributed by atoms with E-state index in [0.29, 0.717) is 22.6 Å². The van der Waals surface area contributed by atoms with Crippen LogP contribution in [0.2, 0.25) is 0 Å². The third kappa shape index (κ3) is 3.14. The maximum Gasteiger partial charge on any atom is 0.138 e. The van der Waals surface area contributed by atoms with Gasteiger partial charge in [0.2, 0.25) is 0 Å². The third-order valence-electron chi connectivity index (χ3n) is 3.35. The average Bonchev–Trinajstić information content (AvgIpc) is 2.57. The van der Waals surface area contributed by atoms with Gasteiger partial charge in [0.15, 0.2) is 0 Å². The summed E-state index contributed by atoms with van der Waals surface area (Å²) in [5.41, 5.74) is 12.6. The largest absolute Gasteiger partial charge is 0.457 e. The first-order valence-electron chi connectivity index (χ1n) is 7.03. The minimum absolute atomic E-state index is 0.124. The summed E-state index contributed by atoms with van der Waals surface area (Å²) in [6.07, 6.45) is 1.25. The van der Waals surface area contributed by atoms with E-state index >= 15 is 0 Å². The molecule has 0 aliphatic heterocycles. The molecule has 2 aromatic carbocycles. The van der Waals surface area contributed by atoms with Gasteiger partial charge in [0.05, 0.1) is 11.3 Å². The number of aromatic nitrogens is 2. The molecule has 0 spiro atoms. The summed E-state index contributed by atoms with van der Waals surface area (Å²) in [6.45, 7) is 0. The van der Waals surface area contributed by atoms with Crippen LogP contribution < -0.4 is 16.2 Å². The van der Waals surface area contributed by atoms with E-state index in [9.17, 15) is 4.39 Å². The zero-order valence-electron chi connectivity index (χ0n) is 12.5. The standard InChI is InChI=1S/C17H14FN5O/c18-11-3-7-13(8-4-11)24-12-5-1-10(2-6-12)15(19)14-16(20)22-9-23-17(14)21/h1-9,19H,(H4,20,21,22,23). The summed E-state index contributed by atoms with van der Waals surface area (Å²) in [7, 11) is 0. The summed E-state index contributed by atoms with van der Waals surface area (Å²) >= 11 is 0. The number of hydrogen-bond acceptors (Lipinski definition) is 6. The molecule has 120 valence electrons. The first-order valence-corrected chi connectivity index (χ1v) is 7.03. The molecule has 0 aliphatic rings. The maximum absolute atomic E-state index is 12.9. The molecule has 0 amide bonds. The molecule has 0 aliphatic carbocycles. The Hall–Kier alpha value is -3.48. The quantitative estimate of drug-likeness (QED) is 0.639.